The van der Waals surface area contributed by atoms with E-state index in [0.717, 1.165) is 5.56 Å². The van der Waals surface area contributed by atoms with Gasteiger partial charge in [-0.1, -0.05) is 38.1 Å². The summed E-state index contributed by atoms with van der Waals surface area (Å²) in [5.41, 5.74) is 8.35. The van der Waals surface area contributed by atoms with Crippen molar-refractivity contribution in [3.05, 3.63) is 35.4 Å². The Labute approximate surface area is 109 Å². The predicted molar refractivity (Wildman–Crippen MR) is 73.6 cm³/mol. The molecule has 0 aromatic heterocycles. The van der Waals surface area contributed by atoms with Crippen LogP contribution in [0.25, 0.3) is 0 Å². The molecule has 0 saturated heterocycles. The van der Waals surface area contributed by atoms with Crippen LogP contribution in [-0.4, -0.2) is 19.1 Å². The zero-order valence-corrected chi connectivity index (χ0v) is 11.6. The molecular formula is C15H23NO2. The van der Waals surface area contributed by atoms with Crippen molar-refractivity contribution < 1.29 is 9.53 Å². The van der Waals surface area contributed by atoms with Crippen LogP contribution in [0.3, 0.4) is 0 Å². The summed E-state index contributed by atoms with van der Waals surface area (Å²) in [5.74, 6) is 0.303. The maximum absolute atomic E-state index is 11.4. The lowest BCUT2D eigenvalue weighted by Crippen LogP contribution is -2.27. The number of ether oxygens (including phenoxy) is 1. The van der Waals surface area contributed by atoms with Gasteiger partial charge in [0.1, 0.15) is 0 Å². The van der Waals surface area contributed by atoms with Crippen molar-refractivity contribution in [1.29, 1.82) is 0 Å². The Morgan fingerprint density at radius 2 is 1.67 bits per heavy atom. The number of nitrogens with two attached hydrogens (primary N) is 1. The molecular weight excluding hydrogens is 226 g/mol. The number of hydrogen-bond acceptors (Lipinski definition) is 3. The van der Waals surface area contributed by atoms with Crippen LogP contribution in [0.5, 0.6) is 0 Å². The Morgan fingerprint density at radius 1 is 1.17 bits per heavy atom. The standard InChI is InChI=1S/C15H23NO2/c1-10(2)12-5-7-13(8-6-12)14(11(3)16)9-15(17)18-4/h5-8,10-11,14H,9,16H2,1-4H3. The lowest BCUT2D eigenvalue weighted by Gasteiger charge is -2.20. The molecule has 0 spiro atoms. The Kier molecular flexibility index (Phi) is 5.35. The lowest BCUT2D eigenvalue weighted by molar-refractivity contribution is -0.141. The minimum atomic E-state index is -0.217. The first-order valence-corrected chi connectivity index (χ1v) is 6.38. The monoisotopic (exact) mass is 249 g/mol. The van der Waals surface area contributed by atoms with E-state index in [1.165, 1.54) is 12.7 Å². The number of carbonyl (C=O) groups excluding carboxylic acids is 1. The van der Waals surface area contributed by atoms with Crippen LogP contribution >= 0.6 is 0 Å². The van der Waals surface area contributed by atoms with Gasteiger partial charge in [-0.15, -0.1) is 0 Å². The Morgan fingerprint density at radius 3 is 2.06 bits per heavy atom. The molecule has 0 heterocycles. The van der Waals surface area contributed by atoms with Crippen LogP contribution in [-0.2, 0) is 9.53 Å². The number of benzene rings is 1. The Hall–Kier alpha value is -1.35. The van der Waals surface area contributed by atoms with Gasteiger partial charge in [0.05, 0.1) is 13.5 Å². The second-order valence-electron chi connectivity index (χ2n) is 5.07. The van der Waals surface area contributed by atoms with Gasteiger partial charge in [0.15, 0.2) is 0 Å². The minimum Gasteiger partial charge on any atom is -0.469 e. The van der Waals surface area contributed by atoms with Crippen LogP contribution in [0.15, 0.2) is 24.3 Å². The Bertz CT molecular complexity index is 382. The largest absolute Gasteiger partial charge is 0.469 e. The zero-order chi connectivity index (χ0) is 13.7. The molecule has 1 aromatic carbocycles. The highest BCUT2D eigenvalue weighted by Gasteiger charge is 2.20. The Balaban J connectivity index is 2.89. The average molecular weight is 249 g/mol. The predicted octanol–water partition coefficient (Wildman–Crippen LogP) is 2.80. The number of methoxy groups -OCH3 is 1. The van der Waals surface area contributed by atoms with Crippen LogP contribution < -0.4 is 5.73 Å². The van der Waals surface area contributed by atoms with Crippen molar-refractivity contribution in [3.8, 4) is 0 Å². The zero-order valence-electron chi connectivity index (χ0n) is 11.6. The van der Waals surface area contributed by atoms with Gasteiger partial charge in [-0.2, -0.15) is 0 Å². The highest BCUT2D eigenvalue weighted by molar-refractivity contribution is 5.70. The van der Waals surface area contributed by atoms with E-state index in [-0.39, 0.29) is 17.9 Å². The van der Waals surface area contributed by atoms with E-state index in [2.05, 4.69) is 38.1 Å². The maximum Gasteiger partial charge on any atom is 0.306 e. The summed E-state index contributed by atoms with van der Waals surface area (Å²) < 4.78 is 4.72. The van der Waals surface area contributed by atoms with E-state index < -0.39 is 0 Å². The molecule has 2 N–H and O–H groups in total. The first kappa shape index (κ1) is 14.7. The van der Waals surface area contributed by atoms with Gasteiger partial charge in [0.25, 0.3) is 0 Å². The molecule has 1 rings (SSSR count). The van der Waals surface area contributed by atoms with Crippen LogP contribution in [0.1, 0.15) is 50.2 Å². The molecule has 2 atom stereocenters. The van der Waals surface area contributed by atoms with E-state index >= 15 is 0 Å². The van der Waals surface area contributed by atoms with Gasteiger partial charge >= 0.3 is 5.97 Å². The molecule has 0 saturated carbocycles. The van der Waals surface area contributed by atoms with Gasteiger partial charge in [-0.3, -0.25) is 4.79 Å². The summed E-state index contributed by atoms with van der Waals surface area (Å²) in [5, 5.41) is 0. The second-order valence-corrected chi connectivity index (χ2v) is 5.07. The summed E-state index contributed by atoms with van der Waals surface area (Å²) in [6.07, 6.45) is 0.329. The number of esters is 1. The summed E-state index contributed by atoms with van der Waals surface area (Å²) in [4.78, 5) is 11.4. The lowest BCUT2D eigenvalue weighted by atomic mass is 9.88. The molecule has 1 aromatic rings. The van der Waals surface area contributed by atoms with Crippen molar-refractivity contribution >= 4 is 5.97 Å². The molecule has 100 valence electrons. The summed E-state index contributed by atoms with van der Waals surface area (Å²) in [6.45, 7) is 6.24. The average Bonchev–Trinajstić information content (AvgIpc) is 2.35. The van der Waals surface area contributed by atoms with Gasteiger partial charge in [-0.25, -0.2) is 0 Å². The fourth-order valence-electron chi connectivity index (χ4n) is 2.00. The summed E-state index contributed by atoms with van der Waals surface area (Å²) in [7, 11) is 1.41. The van der Waals surface area contributed by atoms with Crippen molar-refractivity contribution in [2.24, 2.45) is 5.73 Å². The molecule has 0 amide bonds. The fraction of sp³-hybridized carbons (Fsp3) is 0.533. The number of rotatable bonds is 5. The third kappa shape index (κ3) is 3.84. The van der Waals surface area contributed by atoms with Gasteiger partial charge in [-0.05, 0) is 24.0 Å². The van der Waals surface area contributed by atoms with E-state index in [9.17, 15) is 4.79 Å². The first-order valence-electron chi connectivity index (χ1n) is 6.38. The molecule has 18 heavy (non-hydrogen) atoms. The van der Waals surface area contributed by atoms with Crippen LogP contribution in [0.4, 0.5) is 0 Å². The van der Waals surface area contributed by atoms with Crippen LogP contribution in [0.2, 0.25) is 0 Å². The summed E-state index contributed by atoms with van der Waals surface area (Å²) >= 11 is 0. The highest BCUT2D eigenvalue weighted by Crippen LogP contribution is 2.25. The summed E-state index contributed by atoms with van der Waals surface area (Å²) in [6, 6.07) is 8.26. The molecule has 0 aliphatic carbocycles. The third-order valence-corrected chi connectivity index (χ3v) is 3.28. The van der Waals surface area contributed by atoms with E-state index in [1.807, 2.05) is 6.92 Å². The number of carbonyl (C=O) groups is 1. The molecule has 3 heteroatoms. The van der Waals surface area contributed by atoms with E-state index in [4.69, 9.17) is 10.5 Å². The first-order chi connectivity index (χ1) is 8.45. The van der Waals surface area contributed by atoms with E-state index in [0.29, 0.717) is 12.3 Å². The SMILES string of the molecule is COC(=O)CC(c1ccc(C(C)C)cc1)C(C)N. The fourth-order valence-corrected chi connectivity index (χ4v) is 2.00. The van der Waals surface area contributed by atoms with Crippen molar-refractivity contribution in [2.75, 3.05) is 7.11 Å². The van der Waals surface area contributed by atoms with Crippen molar-refractivity contribution in [2.45, 2.75) is 45.1 Å². The molecule has 0 aliphatic heterocycles. The van der Waals surface area contributed by atoms with Gasteiger partial charge in [0, 0.05) is 12.0 Å². The molecule has 0 aliphatic rings. The normalized spacial score (nSPS) is 14.3. The molecule has 0 radical (unpaired) electrons. The van der Waals surface area contributed by atoms with Gasteiger partial charge in [0.2, 0.25) is 0 Å². The van der Waals surface area contributed by atoms with Gasteiger partial charge < -0.3 is 10.5 Å². The number of hydrogen-bond donors (Lipinski definition) is 1. The minimum absolute atomic E-state index is 0.0127. The van der Waals surface area contributed by atoms with E-state index in [1.54, 1.807) is 0 Å². The molecule has 0 fully saturated rings. The second kappa shape index (κ2) is 6.55. The van der Waals surface area contributed by atoms with Crippen molar-refractivity contribution in [3.63, 3.8) is 0 Å². The quantitative estimate of drug-likeness (QED) is 0.816. The smallest absolute Gasteiger partial charge is 0.306 e. The topological polar surface area (TPSA) is 52.3 Å². The van der Waals surface area contributed by atoms with Crippen molar-refractivity contribution in [1.82, 2.24) is 0 Å². The third-order valence-electron chi connectivity index (χ3n) is 3.28. The molecule has 2 unspecified atom stereocenters. The highest BCUT2D eigenvalue weighted by atomic mass is 16.5. The van der Waals surface area contributed by atoms with Crippen LogP contribution in [0, 0.1) is 0 Å². The molecule has 3 nitrogen and oxygen atoms in total. The maximum atomic E-state index is 11.4. The molecule has 0 bridgehead atoms.